The van der Waals surface area contributed by atoms with E-state index in [1.165, 1.54) is 36.6 Å². The van der Waals surface area contributed by atoms with Crippen LogP contribution >= 0.6 is 0 Å². The Balaban J connectivity index is 1.51. The molecular weight excluding hydrogens is 448 g/mol. The number of rotatable bonds is 9. The second-order valence-corrected chi connectivity index (χ2v) is 9.86. The van der Waals surface area contributed by atoms with Crippen LogP contribution in [-0.4, -0.2) is 29.7 Å². The van der Waals surface area contributed by atoms with Crippen molar-refractivity contribution in [3.63, 3.8) is 0 Å². The maximum atomic E-state index is 13.7. The lowest BCUT2D eigenvalue weighted by Gasteiger charge is -2.40. The minimum absolute atomic E-state index is 0.125. The fourth-order valence-electron chi connectivity index (χ4n) is 5.43. The molecule has 7 heteroatoms. The molecule has 0 aromatic heterocycles. The molecule has 3 atom stereocenters. The minimum atomic E-state index is -0.937. The van der Waals surface area contributed by atoms with Crippen LogP contribution in [0.1, 0.15) is 68.2 Å². The number of hydrogen-bond donors (Lipinski definition) is 4. The molecule has 5 nitrogen and oxygen atoms in total. The quantitative estimate of drug-likeness (QED) is 0.427. The molecule has 1 amide bonds. The second-order valence-electron chi connectivity index (χ2n) is 9.86. The predicted octanol–water partition coefficient (Wildman–Crippen LogP) is 4.37. The molecule has 2 aliphatic rings. The van der Waals surface area contributed by atoms with Crippen LogP contribution in [0.4, 0.5) is 8.78 Å². The zero-order valence-electron chi connectivity index (χ0n) is 20.2. The molecule has 1 heterocycles. The average Bonchev–Trinajstić information content (AvgIpc) is 3.37. The summed E-state index contributed by atoms with van der Waals surface area (Å²) in [6, 6.07) is 11.5. The van der Waals surface area contributed by atoms with Gasteiger partial charge in [-0.25, -0.2) is 8.78 Å². The zero-order valence-corrected chi connectivity index (χ0v) is 20.2. The first-order valence-electron chi connectivity index (χ1n) is 12.5. The van der Waals surface area contributed by atoms with E-state index < -0.39 is 23.8 Å². The van der Waals surface area contributed by atoms with Gasteiger partial charge in [0.2, 0.25) is 5.91 Å². The average molecular weight is 484 g/mol. The number of amides is 1. The summed E-state index contributed by atoms with van der Waals surface area (Å²) >= 11 is 0. The van der Waals surface area contributed by atoms with E-state index in [1.54, 1.807) is 0 Å². The molecule has 4 N–H and O–H groups in total. The van der Waals surface area contributed by atoms with Gasteiger partial charge in [-0.1, -0.05) is 49.6 Å². The van der Waals surface area contributed by atoms with Gasteiger partial charge in [0.05, 0.1) is 18.2 Å². The molecule has 0 bridgehead atoms. The third-order valence-corrected chi connectivity index (χ3v) is 7.22. The van der Waals surface area contributed by atoms with Crippen molar-refractivity contribution < 1.29 is 18.7 Å². The van der Waals surface area contributed by atoms with Crippen molar-refractivity contribution in [3.8, 4) is 0 Å². The summed E-state index contributed by atoms with van der Waals surface area (Å²) in [4.78, 5) is 11.8. The SMILES string of the molecule is CC(=O)NC(Cc1cc(F)cc(F)c1)C(O)CNC1(c2cccc(C3CC=CN3)c2)CCCCC1. The summed E-state index contributed by atoms with van der Waals surface area (Å²) in [5.41, 5.74) is 2.56. The van der Waals surface area contributed by atoms with Crippen LogP contribution in [0.2, 0.25) is 0 Å². The van der Waals surface area contributed by atoms with Crippen molar-refractivity contribution in [1.29, 1.82) is 0 Å². The van der Waals surface area contributed by atoms with Gasteiger partial charge < -0.3 is 21.1 Å². The highest BCUT2D eigenvalue weighted by Gasteiger charge is 2.35. The highest BCUT2D eigenvalue weighted by atomic mass is 19.1. The van der Waals surface area contributed by atoms with Crippen LogP contribution in [0, 0.1) is 11.6 Å². The van der Waals surface area contributed by atoms with Gasteiger partial charge >= 0.3 is 0 Å². The Labute approximate surface area is 206 Å². The first-order chi connectivity index (χ1) is 16.8. The molecule has 2 aromatic rings. The van der Waals surface area contributed by atoms with Gasteiger partial charge in [-0.05, 0) is 60.7 Å². The molecule has 1 aliphatic carbocycles. The maximum absolute atomic E-state index is 13.7. The molecular formula is C28H35F2N3O2. The largest absolute Gasteiger partial charge is 0.390 e. The van der Waals surface area contributed by atoms with Gasteiger partial charge in [0.15, 0.2) is 0 Å². The Morgan fingerprint density at radius 1 is 1.14 bits per heavy atom. The summed E-state index contributed by atoms with van der Waals surface area (Å²) in [6.45, 7) is 1.62. The van der Waals surface area contributed by atoms with Crippen LogP contribution < -0.4 is 16.0 Å². The van der Waals surface area contributed by atoms with E-state index in [9.17, 15) is 18.7 Å². The van der Waals surface area contributed by atoms with Gasteiger partial charge in [-0.15, -0.1) is 0 Å². The summed E-state index contributed by atoms with van der Waals surface area (Å²) < 4.78 is 27.4. The van der Waals surface area contributed by atoms with Crippen LogP contribution in [0.5, 0.6) is 0 Å². The topological polar surface area (TPSA) is 73.4 Å². The Morgan fingerprint density at radius 3 is 2.54 bits per heavy atom. The molecule has 2 aromatic carbocycles. The molecule has 188 valence electrons. The van der Waals surface area contributed by atoms with Crippen molar-refractivity contribution in [1.82, 2.24) is 16.0 Å². The van der Waals surface area contributed by atoms with Gasteiger partial charge in [0.1, 0.15) is 11.6 Å². The van der Waals surface area contributed by atoms with E-state index in [4.69, 9.17) is 0 Å². The third kappa shape index (κ3) is 6.47. The Bertz CT molecular complexity index is 1020. The van der Waals surface area contributed by atoms with Gasteiger partial charge in [0.25, 0.3) is 0 Å². The maximum Gasteiger partial charge on any atom is 0.217 e. The fourth-order valence-corrected chi connectivity index (χ4v) is 5.43. The molecule has 1 aliphatic heterocycles. The summed E-state index contributed by atoms with van der Waals surface area (Å²) in [5, 5.41) is 20.9. The number of aliphatic hydroxyl groups excluding tert-OH is 1. The Kier molecular flexibility index (Phi) is 8.19. The highest BCUT2D eigenvalue weighted by Crippen LogP contribution is 2.38. The van der Waals surface area contributed by atoms with Crippen molar-refractivity contribution in [3.05, 3.63) is 83.1 Å². The van der Waals surface area contributed by atoms with Crippen molar-refractivity contribution >= 4 is 5.91 Å². The first kappa shape index (κ1) is 25.3. The van der Waals surface area contributed by atoms with Crippen LogP contribution in [0.25, 0.3) is 0 Å². The lowest BCUT2D eigenvalue weighted by atomic mass is 9.75. The monoisotopic (exact) mass is 483 g/mol. The Morgan fingerprint density at radius 2 is 1.89 bits per heavy atom. The first-order valence-corrected chi connectivity index (χ1v) is 12.5. The molecule has 0 radical (unpaired) electrons. The molecule has 1 fully saturated rings. The zero-order chi connectivity index (χ0) is 24.8. The van der Waals surface area contributed by atoms with E-state index in [0.717, 1.165) is 38.2 Å². The molecule has 0 saturated heterocycles. The number of nitrogens with one attached hydrogen (secondary N) is 3. The van der Waals surface area contributed by atoms with E-state index in [1.807, 2.05) is 6.20 Å². The van der Waals surface area contributed by atoms with E-state index >= 15 is 0 Å². The molecule has 4 rings (SSSR count). The number of carbonyl (C=O) groups excluding carboxylic acids is 1. The second kappa shape index (κ2) is 11.3. The van der Waals surface area contributed by atoms with Gasteiger partial charge in [0, 0.05) is 25.1 Å². The summed E-state index contributed by atoms with van der Waals surface area (Å²) in [6.07, 6.45) is 9.56. The van der Waals surface area contributed by atoms with Gasteiger partial charge in [-0.3, -0.25) is 4.79 Å². The van der Waals surface area contributed by atoms with Crippen molar-refractivity contribution in [2.24, 2.45) is 0 Å². The standard InChI is InChI=1S/C28H35F2N3O2/c1-19(34)33-26(15-20-13-23(29)17-24(30)14-20)27(35)18-32-28(10-3-2-4-11-28)22-8-5-7-21(16-22)25-9-6-12-31-25/h5-8,12-14,16-17,25-27,31-32,35H,2-4,9-11,15,18H2,1H3,(H,33,34). The lowest BCUT2D eigenvalue weighted by Crippen LogP contribution is -2.53. The Hall–Kier alpha value is -2.77. The van der Waals surface area contributed by atoms with Crippen LogP contribution in [-0.2, 0) is 16.8 Å². The number of aliphatic hydroxyl groups is 1. The third-order valence-electron chi connectivity index (χ3n) is 7.22. The van der Waals surface area contributed by atoms with Crippen molar-refractivity contribution in [2.45, 2.75) is 75.6 Å². The van der Waals surface area contributed by atoms with Gasteiger partial charge in [-0.2, -0.15) is 0 Å². The predicted molar refractivity (Wildman–Crippen MR) is 133 cm³/mol. The van der Waals surface area contributed by atoms with Crippen molar-refractivity contribution in [2.75, 3.05) is 6.54 Å². The van der Waals surface area contributed by atoms with E-state index in [-0.39, 0.29) is 30.5 Å². The minimum Gasteiger partial charge on any atom is -0.390 e. The number of halogens is 2. The summed E-state index contributed by atoms with van der Waals surface area (Å²) in [5.74, 6) is -1.66. The van der Waals surface area contributed by atoms with E-state index in [2.05, 4.69) is 46.3 Å². The fraction of sp³-hybridized carbons (Fsp3) is 0.464. The molecule has 0 spiro atoms. The summed E-state index contributed by atoms with van der Waals surface area (Å²) in [7, 11) is 0. The molecule has 35 heavy (non-hydrogen) atoms. The number of hydrogen-bond acceptors (Lipinski definition) is 4. The molecule has 1 saturated carbocycles. The number of carbonyl (C=O) groups is 1. The smallest absolute Gasteiger partial charge is 0.217 e. The molecule has 3 unspecified atom stereocenters. The van der Waals surface area contributed by atoms with Crippen LogP contribution in [0.15, 0.2) is 54.7 Å². The van der Waals surface area contributed by atoms with E-state index in [0.29, 0.717) is 5.56 Å². The number of benzene rings is 2. The highest BCUT2D eigenvalue weighted by molar-refractivity contribution is 5.73. The van der Waals surface area contributed by atoms with Crippen LogP contribution in [0.3, 0.4) is 0 Å². The lowest BCUT2D eigenvalue weighted by molar-refractivity contribution is -0.120. The normalized spacial score (nSPS) is 20.7.